The van der Waals surface area contributed by atoms with Crippen molar-refractivity contribution >= 4 is 11.3 Å². The van der Waals surface area contributed by atoms with Crippen molar-refractivity contribution in [3.05, 3.63) is 22.4 Å². The fourth-order valence-electron chi connectivity index (χ4n) is 1.94. The Labute approximate surface area is 84.4 Å². The minimum absolute atomic E-state index is 1.17. The van der Waals surface area contributed by atoms with E-state index in [1.807, 2.05) is 0 Å². The zero-order valence-electron chi connectivity index (χ0n) is 8.04. The average molecular weight is 195 g/mol. The molecule has 1 saturated heterocycles. The maximum atomic E-state index is 2.59. The van der Waals surface area contributed by atoms with E-state index in [4.69, 9.17) is 0 Å². The molecule has 1 nitrogen and oxygen atoms in total. The van der Waals surface area contributed by atoms with Crippen molar-refractivity contribution in [2.24, 2.45) is 0 Å². The highest BCUT2D eigenvalue weighted by atomic mass is 32.1. The van der Waals surface area contributed by atoms with Crippen LogP contribution in [-0.4, -0.2) is 18.0 Å². The second-order valence-electron chi connectivity index (χ2n) is 3.82. The molecule has 2 heterocycles. The highest BCUT2D eigenvalue weighted by molar-refractivity contribution is 7.07. The van der Waals surface area contributed by atoms with Gasteiger partial charge in [0.1, 0.15) is 0 Å². The monoisotopic (exact) mass is 195 g/mol. The van der Waals surface area contributed by atoms with Gasteiger partial charge in [-0.3, -0.25) is 4.90 Å². The van der Waals surface area contributed by atoms with E-state index in [9.17, 15) is 0 Å². The molecule has 0 bridgehead atoms. The van der Waals surface area contributed by atoms with Crippen molar-refractivity contribution < 1.29 is 0 Å². The fourth-order valence-corrected chi connectivity index (χ4v) is 2.59. The Bertz CT molecular complexity index is 222. The summed E-state index contributed by atoms with van der Waals surface area (Å²) < 4.78 is 0. The molecular formula is C11H17NS. The zero-order valence-corrected chi connectivity index (χ0v) is 8.85. The number of rotatable bonds is 2. The van der Waals surface area contributed by atoms with Crippen LogP contribution in [0.15, 0.2) is 16.8 Å². The van der Waals surface area contributed by atoms with E-state index in [-0.39, 0.29) is 0 Å². The number of nitrogens with zero attached hydrogens (tertiary/aromatic N) is 1. The highest BCUT2D eigenvalue weighted by Crippen LogP contribution is 2.14. The molecule has 0 atom stereocenters. The predicted molar refractivity (Wildman–Crippen MR) is 58.1 cm³/mol. The molecule has 0 aliphatic carbocycles. The summed E-state index contributed by atoms with van der Waals surface area (Å²) in [6, 6.07) is 2.25. The Morgan fingerprint density at radius 1 is 1.15 bits per heavy atom. The van der Waals surface area contributed by atoms with Gasteiger partial charge in [-0.25, -0.2) is 0 Å². The van der Waals surface area contributed by atoms with Crippen LogP contribution in [0, 0.1) is 0 Å². The Morgan fingerprint density at radius 3 is 2.54 bits per heavy atom. The quantitative estimate of drug-likeness (QED) is 0.701. The molecule has 1 aliphatic rings. The maximum absolute atomic E-state index is 2.59. The molecule has 0 unspecified atom stereocenters. The van der Waals surface area contributed by atoms with Gasteiger partial charge in [0, 0.05) is 6.54 Å². The van der Waals surface area contributed by atoms with Crippen molar-refractivity contribution in [3.63, 3.8) is 0 Å². The number of hydrogen-bond acceptors (Lipinski definition) is 2. The van der Waals surface area contributed by atoms with Crippen LogP contribution in [0.5, 0.6) is 0 Å². The lowest BCUT2D eigenvalue weighted by atomic mass is 10.2. The van der Waals surface area contributed by atoms with Gasteiger partial charge in [0.15, 0.2) is 0 Å². The largest absolute Gasteiger partial charge is 0.299 e. The lowest BCUT2D eigenvalue weighted by Crippen LogP contribution is -2.23. The van der Waals surface area contributed by atoms with E-state index >= 15 is 0 Å². The number of hydrogen-bond donors (Lipinski definition) is 0. The van der Waals surface area contributed by atoms with Crippen LogP contribution in [0.2, 0.25) is 0 Å². The minimum Gasteiger partial charge on any atom is -0.299 e. The van der Waals surface area contributed by atoms with Crippen molar-refractivity contribution in [2.75, 3.05) is 13.1 Å². The topological polar surface area (TPSA) is 3.24 Å². The van der Waals surface area contributed by atoms with Gasteiger partial charge in [0.25, 0.3) is 0 Å². The Kier molecular flexibility index (Phi) is 3.39. The third kappa shape index (κ3) is 2.82. The Balaban J connectivity index is 1.86. The first kappa shape index (κ1) is 9.22. The molecule has 2 heteroatoms. The van der Waals surface area contributed by atoms with Gasteiger partial charge in [-0.05, 0) is 48.3 Å². The molecule has 0 aromatic carbocycles. The van der Waals surface area contributed by atoms with E-state index in [0.717, 1.165) is 0 Å². The van der Waals surface area contributed by atoms with Gasteiger partial charge in [-0.1, -0.05) is 12.8 Å². The maximum Gasteiger partial charge on any atom is 0.0241 e. The van der Waals surface area contributed by atoms with Crippen molar-refractivity contribution in [1.29, 1.82) is 0 Å². The van der Waals surface area contributed by atoms with Gasteiger partial charge in [-0.15, -0.1) is 0 Å². The van der Waals surface area contributed by atoms with Gasteiger partial charge in [-0.2, -0.15) is 11.3 Å². The van der Waals surface area contributed by atoms with Crippen molar-refractivity contribution in [2.45, 2.75) is 32.2 Å². The van der Waals surface area contributed by atoms with E-state index in [1.165, 1.54) is 50.9 Å². The first-order valence-corrected chi connectivity index (χ1v) is 6.13. The molecule has 72 valence electrons. The summed E-state index contributed by atoms with van der Waals surface area (Å²) >= 11 is 1.81. The molecule has 0 saturated carbocycles. The lowest BCUT2D eigenvalue weighted by molar-refractivity contribution is 0.277. The molecule has 1 fully saturated rings. The van der Waals surface area contributed by atoms with Crippen molar-refractivity contribution in [3.8, 4) is 0 Å². The number of thiophene rings is 1. The predicted octanol–water partition coefficient (Wildman–Crippen LogP) is 3.12. The average Bonchev–Trinajstić information content (AvgIpc) is 2.49. The summed E-state index contributed by atoms with van der Waals surface area (Å²) in [5, 5.41) is 4.44. The van der Waals surface area contributed by atoms with Gasteiger partial charge in [0.05, 0.1) is 0 Å². The van der Waals surface area contributed by atoms with Crippen LogP contribution >= 0.6 is 11.3 Å². The minimum atomic E-state index is 1.17. The third-order valence-corrected chi connectivity index (χ3v) is 3.42. The fraction of sp³-hybridized carbons (Fsp3) is 0.636. The first-order chi connectivity index (χ1) is 6.45. The molecule has 2 rings (SSSR count). The molecule has 0 N–H and O–H groups in total. The van der Waals surface area contributed by atoms with E-state index in [0.29, 0.717) is 0 Å². The third-order valence-electron chi connectivity index (χ3n) is 2.68. The van der Waals surface area contributed by atoms with Crippen LogP contribution in [0.4, 0.5) is 0 Å². The van der Waals surface area contributed by atoms with Crippen LogP contribution in [0.25, 0.3) is 0 Å². The second-order valence-corrected chi connectivity index (χ2v) is 4.60. The summed E-state index contributed by atoms with van der Waals surface area (Å²) in [6.07, 6.45) is 5.65. The molecule has 1 aliphatic heterocycles. The molecule has 1 aromatic heterocycles. The van der Waals surface area contributed by atoms with Crippen LogP contribution in [-0.2, 0) is 6.54 Å². The molecule has 0 radical (unpaired) electrons. The zero-order chi connectivity index (χ0) is 8.93. The molecular weight excluding hydrogens is 178 g/mol. The second kappa shape index (κ2) is 4.77. The standard InChI is InChI=1S/C11H17NS/c1-2-4-7-12(6-3-1)9-11-5-8-13-10-11/h5,8,10H,1-4,6-7,9H2. The lowest BCUT2D eigenvalue weighted by Gasteiger charge is -2.18. The summed E-state index contributed by atoms with van der Waals surface area (Å²) in [5.74, 6) is 0. The van der Waals surface area contributed by atoms with Crippen molar-refractivity contribution in [1.82, 2.24) is 4.90 Å². The van der Waals surface area contributed by atoms with E-state index < -0.39 is 0 Å². The molecule has 13 heavy (non-hydrogen) atoms. The smallest absolute Gasteiger partial charge is 0.0241 e. The van der Waals surface area contributed by atoms with Crippen LogP contribution < -0.4 is 0 Å². The van der Waals surface area contributed by atoms with Crippen LogP contribution in [0.3, 0.4) is 0 Å². The van der Waals surface area contributed by atoms with Crippen LogP contribution in [0.1, 0.15) is 31.2 Å². The molecule has 1 aromatic rings. The summed E-state index contributed by atoms with van der Waals surface area (Å²) in [7, 11) is 0. The Morgan fingerprint density at radius 2 is 1.92 bits per heavy atom. The number of likely N-dealkylation sites (tertiary alicyclic amines) is 1. The summed E-state index contributed by atoms with van der Waals surface area (Å²) in [6.45, 7) is 3.77. The van der Waals surface area contributed by atoms with Gasteiger partial charge in [0.2, 0.25) is 0 Å². The van der Waals surface area contributed by atoms with E-state index in [2.05, 4.69) is 21.7 Å². The summed E-state index contributed by atoms with van der Waals surface area (Å²) in [5.41, 5.74) is 1.49. The normalized spacial score (nSPS) is 20.0. The van der Waals surface area contributed by atoms with Gasteiger partial charge >= 0.3 is 0 Å². The summed E-state index contributed by atoms with van der Waals surface area (Å²) in [4.78, 5) is 2.59. The Hall–Kier alpha value is -0.340. The first-order valence-electron chi connectivity index (χ1n) is 5.18. The van der Waals surface area contributed by atoms with E-state index in [1.54, 1.807) is 11.3 Å². The molecule has 0 spiro atoms. The SMILES string of the molecule is c1cc(CN2CCCCCC2)cs1. The highest BCUT2D eigenvalue weighted by Gasteiger charge is 2.08. The van der Waals surface area contributed by atoms with Gasteiger partial charge < -0.3 is 0 Å². The molecule has 0 amide bonds.